The highest BCUT2D eigenvalue weighted by Gasteiger charge is 2.12. The molecule has 1 N–H and O–H groups in total. The molecule has 0 saturated carbocycles. The van der Waals surface area contributed by atoms with Crippen molar-refractivity contribution in [1.29, 1.82) is 0 Å². The lowest BCUT2D eigenvalue weighted by Gasteiger charge is -2.23. The Hall–Kier alpha value is -0.380. The molecule has 0 amide bonds. The SMILES string of the molecule is Brc1cccc(CO[C@@H]2CCCNC2)c1. The molecule has 0 bridgehead atoms. The highest BCUT2D eigenvalue weighted by atomic mass is 79.9. The zero-order valence-corrected chi connectivity index (χ0v) is 10.3. The van der Waals surface area contributed by atoms with Crippen LogP contribution in [0, 0.1) is 0 Å². The van der Waals surface area contributed by atoms with Crippen LogP contribution in [-0.4, -0.2) is 19.2 Å². The molecule has 1 aliphatic rings. The average molecular weight is 270 g/mol. The van der Waals surface area contributed by atoms with Crippen LogP contribution in [0.5, 0.6) is 0 Å². The van der Waals surface area contributed by atoms with Crippen molar-refractivity contribution in [2.45, 2.75) is 25.6 Å². The van der Waals surface area contributed by atoms with Gasteiger partial charge in [-0.15, -0.1) is 0 Å². The molecule has 1 fully saturated rings. The second-order valence-corrected chi connectivity index (χ2v) is 4.82. The van der Waals surface area contributed by atoms with Gasteiger partial charge in [-0.25, -0.2) is 0 Å². The van der Waals surface area contributed by atoms with Crippen LogP contribution in [0.15, 0.2) is 28.7 Å². The molecule has 1 heterocycles. The summed E-state index contributed by atoms with van der Waals surface area (Å²) in [6.07, 6.45) is 2.79. The van der Waals surface area contributed by atoms with E-state index in [1.807, 2.05) is 12.1 Å². The smallest absolute Gasteiger partial charge is 0.0721 e. The van der Waals surface area contributed by atoms with Gasteiger partial charge in [-0.05, 0) is 37.1 Å². The Labute approximate surface area is 99.1 Å². The van der Waals surface area contributed by atoms with Gasteiger partial charge in [-0.1, -0.05) is 28.1 Å². The van der Waals surface area contributed by atoms with Gasteiger partial charge in [-0.2, -0.15) is 0 Å². The molecule has 0 unspecified atom stereocenters. The lowest BCUT2D eigenvalue weighted by Crippen LogP contribution is -2.35. The molecule has 3 heteroatoms. The lowest BCUT2D eigenvalue weighted by atomic mass is 10.1. The number of piperidine rings is 1. The number of hydrogen-bond donors (Lipinski definition) is 1. The van der Waals surface area contributed by atoms with E-state index in [4.69, 9.17) is 4.74 Å². The third-order valence-corrected chi connectivity index (χ3v) is 3.12. The van der Waals surface area contributed by atoms with Crippen molar-refractivity contribution in [3.05, 3.63) is 34.3 Å². The summed E-state index contributed by atoms with van der Waals surface area (Å²) >= 11 is 3.46. The van der Waals surface area contributed by atoms with Gasteiger partial charge in [0.15, 0.2) is 0 Å². The number of rotatable bonds is 3. The molecule has 0 spiro atoms. The molecule has 0 aromatic heterocycles. The third kappa shape index (κ3) is 3.59. The minimum Gasteiger partial charge on any atom is -0.372 e. The van der Waals surface area contributed by atoms with Gasteiger partial charge >= 0.3 is 0 Å². The van der Waals surface area contributed by atoms with Gasteiger partial charge in [-0.3, -0.25) is 0 Å². The maximum atomic E-state index is 5.84. The fourth-order valence-electron chi connectivity index (χ4n) is 1.80. The molecule has 0 aliphatic carbocycles. The molecular formula is C12H16BrNO. The Kier molecular flexibility index (Phi) is 4.18. The van der Waals surface area contributed by atoms with Crippen molar-refractivity contribution in [3.63, 3.8) is 0 Å². The highest BCUT2D eigenvalue weighted by Crippen LogP contribution is 2.14. The first kappa shape index (κ1) is 11.1. The monoisotopic (exact) mass is 269 g/mol. The predicted octanol–water partition coefficient (Wildman–Crippen LogP) is 2.72. The van der Waals surface area contributed by atoms with Crippen molar-refractivity contribution in [1.82, 2.24) is 5.32 Å². The minimum atomic E-state index is 0.387. The van der Waals surface area contributed by atoms with Crippen molar-refractivity contribution >= 4 is 15.9 Å². The average Bonchev–Trinajstić information content (AvgIpc) is 2.28. The van der Waals surface area contributed by atoms with Crippen molar-refractivity contribution in [3.8, 4) is 0 Å². The zero-order valence-electron chi connectivity index (χ0n) is 8.71. The van der Waals surface area contributed by atoms with Crippen LogP contribution in [0.2, 0.25) is 0 Å². The summed E-state index contributed by atoms with van der Waals surface area (Å²) in [6, 6.07) is 8.28. The molecule has 1 aromatic rings. The summed E-state index contributed by atoms with van der Waals surface area (Å²) in [4.78, 5) is 0. The van der Waals surface area contributed by atoms with Gasteiger partial charge in [0, 0.05) is 11.0 Å². The van der Waals surface area contributed by atoms with Gasteiger partial charge in [0.2, 0.25) is 0 Å². The minimum absolute atomic E-state index is 0.387. The Morgan fingerprint density at radius 3 is 3.13 bits per heavy atom. The summed E-state index contributed by atoms with van der Waals surface area (Å²) in [5.74, 6) is 0. The van der Waals surface area contributed by atoms with Gasteiger partial charge in [0.1, 0.15) is 0 Å². The van der Waals surface area contributed by atoms with E-state index in [9.17, 15) is 0 Å². The molecule has 1 atom stereocenters. The highest BCUT2D eigenvalue weighted by molar-refractivity contribution is 9.10. The molecule has 1 aromatic carbocycles. The van der Waals surface area contributed by atoms with Gasteiger partial charge in [0.25, 0.3) is 0 Å². The van der Waals surface area contributed by atoms with Crippen LogP contribution in [-0.2, 0) is 11.3 Å². The van der Waals surface area contributed by atoms with E-state index < -0.39 is 0 Å². The standard InChI is InChI=1S/C12H16BrNO/c13-11-4-1-3-10(7-11)9-15-12-5-2-6-14-8-12/h1,3-4,7,12,14H,2,5-6,8-9H2/t12-/m1/s1. The molecule has 2 rings (SSSR count). The maximum absolute atomic E-state index is 5.84. The number of benzene rings is 1. The van der Waals surface area contributed by atoms with Crippen molar-refractivity contribution < 1.29 is 4.74 Å². The number of ether oxygens (including phenoxy) is 1. The zero-order chi connectivity index (χ0) is 10.5. The summed E-state index contributed by atoms with van der Waals surface area (Å²) in [7, 11) is 0. The quantitative estimate of drug-likeness (QED) is 0.911. The van der Waals surface area contributed by atoms with Crippen LogP contribution in [0.25, 0.3) is 0 Å². The molecule has 2 nitrogen and oxygen atoms in total. The van der Waals surface area contributed by atoms with Crippen molar-refractivity contribution in [2.24, 2.45) is 0 Å². The van der Waals surface area contributed by atoms with Crippen LogP contribution in [0.4, 0.5) is 0 Å². The van der Waals surface area contributed by atoms with Crippen LogP contribution < -0.4 is 5.32 Å². The number of hydrogen-bond acceptors (Lipinski definition) is 2. The van der Waals surface area contributed by atoms with Gasteiger partial charge < -0.3 is 10.1 Å². The lowest BCUT2D eigenvalue weighted by molar-refractivity contribution is 0.0253. The number of halogens is 1. The largest absolute Gasteiger partial charge is 0.372 e. The maximum Gasteiger partial charge on any atom is 0.0721 e. The summed E-state index contributed by atoms with van der Waals surface area (Å²) in [5, 5.41) is 3.35. The van der Waals surface area contributed by atoms with E-state index in [1.54, 1.807) is 0 Å². The summed E-state index contributed by atoms with van der Waals surface area (Å²) in [6.45, 7) is 2.84. The first-order valence-electron chi connectivity index (χ1n) is 5.41. The first-order valence-corrected chi connectivity index (χ1v) is 6.20. The van der Waals surface area contributed by atoms with E-state index in [0.717, 1.165) is 17.6 Å². The second-order valence-electron chi connectivity index (χ2n) is 3.91. The first-order chi connectivity index (χ1) is 7.34. The van der Waals surface area contributed by atoms with E-state index >= 15 is 0 Å². The number of nitrogens with one attached hydrogen (secondary N) is 1. The Morgan fingerprint density at radius 2 is 2.40 bits per heavy atom. The van der Waals surface area contributed by atoms with Gasteiger partial charge in [0.05, 0.1) is 12.7 Å². The van der Waals surface area contributed by atoms with E-state index in [0.29, 0.717) is 12.7 Å². The predicted molar refractivity (Wildman–Crippen MR) is 64.8 cm³/mol. The molecule has 1 saturated heterocycles. The Balaban J connectivity index is 1.81. The van der Waals surface area contributed by atoms with E-state index in [2.05, 4.69) is 33.4 Å². The molecular weight excluding hydrogens is 254 g/mol. The fraction of sp³-hybridized carbons (Fsp3) is 0.500. The normalized spacial score (nSPS) is 21.5. The van der Waals surface area contributed by atoms with E-state index in [-0.39, 0.29) is 0 Å². The Morgan fingerprint density at radius 1 is 1.47 bits per heavy atom. The molecule has 1 aliphatic heterocycles. The molecule has 82 valence electrons. The van der Waals surface area contributed by atoms with Crippen LogP contribution >= 0.6 is 15.9 Å². The van der Waals surface area contributed by atoms with E-state index in [1.165, 1.54) is 18.4 Å². The molecule has 15 heavy (non-hydrogen) atoms. The third-order valence-electron chi connectivity index (χ3n) is 2.63. The van der Waals surface area contributed by atoms with Crippen molar-refractivity contribution in [2.75, 3.05) is 13.1 Å². The summed E-state index contributed by atoms with van der Waals surface area (Å²) in [5.41, 5.74) is 1.23. The summed E-state index contributed by atoms with van der Waals surface area (Å²) < 4.78 is 6.96. The second kappa shape index (κ2) is 5.64. The molecule has 0 radical (unpaired) electrons. The van der Waals surface area contributed by atoms with Crippen LogP contribution in [0.1, 0.15) is 18.4 Å². The fourth-order valence-corrected chi connectivity index (χ4v) is 2.25. The topological polar surface area (TPSA) is 21.3 Å². The Bertz CT molecular complexity index is 310. The van der Waals surface area contributed by atoms with Crippen LogP contribution in [0.3, 0.4) is 0 Å².